The van der Waals surface area contributed by atoms with Crippen molar-refractivity contribution >= 4 is 0 Å². The molecule has 0 aromatic heterocycles. The zero-order valence-electron chi connectivity index (χ0n) is 7.41. The molecule has 0 aromatic rings. The molecule has 2 aliphatic rings. The largest absolute Gasteiger partial charge is 0.0620 e. The molecule has 2 atom stereocenters. The van der Waals surface area contributed by atoms with Gasteiger partial charge in [-0.3, -0.25) is 0 Å². The molecule has 58 valence electrons. The summed E-state index contributed by atoms with van der Waals surface area (Å²) in [5.74, 6) is 1.02. The fourth-order valence-corrected chi connectivity index (χ4v) is 3.10. The topological polar surface area (TPSA) is 0 Å². The lowest BCUT2D eigenvalue weighted by atomic mass is 9.39. The van der Waals surface area contributed by atoms with Crippen molar-refractivity contribution in [3.05, 3.63) is 0 Å². The Hall–Kier alpha value is 0. The number of hydrogen-bond donors (Lipinski definition) is 0. The third kappa shape index (κ3) is 0.500. The standard InChI is InChI=1S/C10H18/c1-8-4-5-10(8)7-6-9(10,2)3/h8H,4-7H2,1-3H3. The predicted octanol–water partition coefficient (Wildman–Crippen LogP) is 3.22. The van der Waals surface area contributed by atoms with E-state index in [1.807, 2.05) is 0 Å². The molecule has 2 unspecified atom stereocenters. The van der Waals surface area contributed by atoms with Crippen LogP contribution in [0.25, 0.3) is 0 Å². The molecule has 0 radical (unpaired) electrons. The van der Waals surface area contributed by atoms with Crippen LogP contribution in [0.15, 0.2) is 0 Å². The summed E-state index contributed by atoms with van der Waals surface area (Å²) >= 11 is 0. The predicted molar refractivity (Wildman–Crippen MR) is 43.8 cm³/mol. The fraction of sp³-hybridized carbons (Fsp3) is 1.00. The first-order chi connectivity index (χ1) is 4.58. The summed E-state index contributed by atoms with van der Waals surface area (Å²) < 4.78 is 0. The Morgan fingerprint density at radius 1 is 1.10 bits per heavy atom. The van der Waals surface area contributed by atoms with Crippen molar-refractivity contribution < 1.29 is 0 Å². The first-order valence-electron chi connectivity index (χ1n) is 4.58. The molecule has 0 N–H and O–H groups in total. The van der Waals surface area contributed by atoms with Gasteiger partial charge in [0.25, 0.3) is 0 Å². The average molecular weight is 138 g/mol. The highest BCUT2D eigenvalue weighted by Crippen LogP contribution is 2.69. The van der Waals surface area contributed by atoms with Crippen molar-refractivity contribution in [1.82, 2.24) is 0 Å². The van der Waals surface area contributed by atoms with E-state index in [0.717, 1.165) is 11.3 Å². The van der Waals surface area contributed by atoms with Gasteiger partial charge in [-0.05, 0) is 42.4 Å². The van der Waals surface area contributed by atoms with Crippen LogP contribution in [-0.4, -0.2) is 0 Å². The molecule has 2 aliphatic carbocycles. The molecular weight excluding hydrogens is 120 g/mol. The molecule has 0 aromatic carbocycles. The lowest BCUT2D eigenvalue weighted by molar-refractivity contribution is -0.160. The second-order valence-corrected chi connectivity index (χ2v) is 4.98. The number of rotatable bonds is 0. The highest BCUT2D eigenvalue weighted by Gasteiger charge is 2.59. The molecule has 2 rings (SSSR count). The Labute approximate surface area is 64.0 Å². The molecule has 0 heteroatoms. The molecule has 2 saturated carbocycles. The maximum Gasteiger partial charge on any atom is -0.0220 e. The third-order valence-corrected chi connectivity index (χ3v) is 4.51. The van der Waals surface area contributed by atoms with E-state index in [9.17, 15) is 0 Å². The molecule has 0 saturated heterocycles. The minimum Gasteiger partial charge on any atom is -0.0620 e. The number of hydrogen-bond acceptors (Lipinski definition) is 0. The van der Waals surface area contributed by atoms with Gasteiger partial charge in [0.2, 0.25) is 0 Å². The molecular formula is C10H18. The van der Waals surface area contributed by atoms with Gasteiger partial charge < -0.3 is 0 Å². The highest BCUT2D eigenvalue weighted by atomic mass is 14.6. The third-order valence-electron chi connectivity index (χ3n) is 4.51. The smallest absolute Gasteiger partial charge is 0.0220 e. The van der Waals surface area contributed by atoms with E-state index in [-0.39, 0.29) is 0 Å². The van der Waals surface area contributed by atoms with Crippen LogP contribution in [0.5, 0.6) is 0 Å². The van der Waals surface area contributed by atoms with Gasteiger partial charge in [-0.2, -0.15) is 0 Å². The quantitative estimate of drug-likeness (QED) is 0.482. The summed E-state index contributed by atoms with van der Waals surface area (Å²) in [4.78, 5) is 0. The SMILES string of the molecule is CC1CCC12CCC2(C)C. The Morgan fingerprint density at radius 3 is 1.80 bits per heavy atom. The summed E-state index contributed by atoms with van der Waals surface area (Å²) in [5, 5.41) is 0. The van der Waals surface area contributed by atoms with Gasteiger partial charge in [-0.15, -0.1) is 0 Å². The molecule has 10 heavy (non-hydrogen) atoms. The van der Waals surface area contributed by atoms with Crippen LogP contribution in [0.3, 0.4) is 0 Å². The zero-order valence-corrected chi connectivity index (χ0v) is 7.41. The van der Waals surface area contributed by atoms with Crippen LogP contribution in [0.2, 0.25) is 0 Å². The van der Waals surface area contributed by atoms with E-state index in [4.69, 9.17) is 0 Å². The summed E-state index contributed by atoms with van der Waals surface area (Å²) in [6.45, 7) is 7.34. The van der Waals surface area contributed by atoms with Gasteiger partial charge in [-0.1, -0.05) is 20.8 Å². The Morgan fingerprint density at radius 2 is 1.80 bits per heavy atom. The summed E-state index contributed by atoms with van der Waals surface area (Å²) in [6.07, 6.45) is 5.99. The molecule has 0 amide bonds. The minimum absolute atomic E-state index is 0.685. The maximum atomic E-state index is 2.45. The van der Waals surface area contributed by atoms with E-state index >= 15 is 0 Å². The molecule has 2 fully saturated rings. The van der Waals surface area contributed by atoms with Gasteiger partial charge in [0.15, 0.2) is 0 Å². The molecule has 0 bridgehead atoms. The van der Waals surface area contributed by atoms with Crippen LogP contribution in [-0.2, 0) is 0 Å². The summed E-state index contributed by atoms with van der Waals surface area (Å²) in [6, 6.07) is 0. The van der Waals surface area contributed by atoms with Gasteiger partial charge in [-0.25, -0.2) is 0 Å². The van der Waals surface area contributed by atoms with E-state index in [1.165, 1.54) is 25.7 Å². The van der Waals surface area contributed by atoms with Crippen molar-refractivity contribution in [2.24, 2.45) is 16.7 Å². The van der Waals surface area contributed by atoms with E-state index in [0.29, 0.717) is 5.41 Å². The van der Waals surface area contributed by atoms with Gasteiger partial charge >= 0.3 is 0 Å². The highest BCUT2D eigenvalue weighted by molar-refractivity contribution is 5.09. The Bertz CT molecular complexity index is 153. The van der Waals surface area contributed by atoms with Crippen molar-refractivity contribution in [3.63, 3.8) is 0 Å². The van der Waals surface area contributed by atoms with Crippen LogP contribution >= 0.6 is 0 Å². The average Bonchev–Trinajstić information content (AvgIpc) is 1.83. The van der Waals surface area contributed by atoms with Gasteiger partial charge in [0.05, 0.1) is 0 Å². The first kappa shape index (κ1) is 6.69. The van der Waals surface area contributed by atoms with Gasteiger partial charge in [0, 0.05) is 0 Å². The zero-order chi connectivity index (χ0) is 7.41. The molecule has 0 nitrogen and oxygen atoms in total. The first-order valence-corrected chi connectivity index (χ1v) is 4.58. The lowest BCUT2D eigenvalue weighted by Crippen LogP contribution is -2.56. The minimum atomic E-state index is 0.685. The monoisotopic (exact) mass is 138 g/mol. The van der Waals surface area contributed by atoms with Crippen molar-refractivity contribution in [2.45, 2.75) is 46.5 Å². The second kappa shape index (κ2) is 1.60. The van der Waals surface area contributed by atoms with E-state index < -0.39 is 0 Å². The van der Waals surface area contributed by atoms with E-state index in [2.05, 4.69) is 20.8 Å². The van der Waals surface area contributed by atoms with E-state index in [1.54, 1.807) is 0 Å². The van der Waals surface area contributed by atoms with Crippen molar-refractivity contribution in [3.8, 4) is 0 Å². The fourth-order valence-electron chi connectivity index (χ4n) is 3.10. The summed E-state index contributed by atoms with van der Waals surface area (Å²) in [5.41, 5.74) is 1.48. The lowest BCUT2D eigenvalue weighted by Gasteiger charge is -2.66. The maximum absolute atomic E-state index is 2.45. The second-order valence-electron chi connectivity index (χ2n) is 4.98. The van der Waals surface area contributed by atoms with Crippen molar-refractivity contribution in [2.75, 3.05) is 0 Å². The van der Waals surface area contributed by atoms with Crippen molar-refractivity contribution in [1.29, 1.82) is 0 Å². The summed E-state index contributed by atoms with van der Waals surface area (Å²) in [7, 11) is 0. The van der Waals surface area contributed by atoms with Crippen LogP contribution in [0.4, 0.5) is 0 Å². The Kier molecular flexibility index (Phi) is 1.07. The Balaban J connectivity index is 2.17. The molecule has 0 aliphatic heterocycles. The van der Waals surface area contributed by atoms with Crippen LogP contribution in [0, 0.1) is 16.7 Å². The van der Waals surface area contributed by atoms with Crippen LogP contribution in [0.1, 0.15) is 46.5 Å². The molecule has 0 heterocycles. The normalized spacial score (nSPS) is 50.1. The van der Waals surface area contributed by atoms with Crippen LogP contribution < -0.4 is 0 Å². The molecule has 1 spiro atoms. The van der Waals surface area contributed by atoms with Gasteiger partial charge in [0.1, 0.15) is 0 Å².